The van der Waals surface area contributed by atoms with Crippen LogP contribution in [0.15, 0.2) is 30.3 Å². The number of nitrogens with two attached hydrogens (primary N) is 1. The van der Waals surface area contributed by atoms with Crippen molar-refractivity contribution < 1.29 is 9.90 Å². The van der Waals surface area contributed by atoms with E-state index < -0.39 is 11.6 Å². The number of nitrogens with one attached hydrogen (secondary N) is 1. The molecule has 1 amide bonds. The monoisotopic (exact) mass is 264 g/mol. The minimum atomic E-state index is -0.591. The Kier molecular flexibility index (Phi) is 5.99. The molecule has 0 aliphatic rings. The van der Waals surface area contributed by atoms with Crippen LogP contribution in [-0.2, 0) is 11.2 Å². The van der Waals surface area contributed by atoms with Gasteiger partial charge in [-0.2, -0.15) is 0 Å². The molecule has 0 aliphatic carbocycles. The summed E-state index contributed by atoms with van der Waals surface area (Å²) in [4.78, 5) is 12.1. The van der Waals surface area contributed by atoms with Crippen LogP contribution >= 0.6 is 0 Å². The van der Waals surface area contributed by atoms with E-state index in [9.17, 15) is 9.90 Å². The number of aliphatic hydroxyl groups excluding tert-OH is 1. The van der Waals surface area contributed by atoms with Crippen LogP contribution in [0.25, 0.3) is 0 Å². The van der Waals surface area contributed by atoms with Crippen molar-refractivity contribution in [2.24, 2.45) is 5.73 Å². The van der Waals surface area contributed by atoms with E-state index >= 15 is 0 Å². The maximum atomic E-state index is 12.1. The van der Waals surface area contributed by atoms with Gasteiger partial charge in [0.15, 0.2) is 0 Å². The molecule has 0 unspecified atom stereocenters. The number of hydrogen-bond donors (Lipinski definition) is 3. The highest BCUT2D eigenvalue weighted by Gasteiger charge is 2.29. The molecule has 19 heavy (non-hydrogen) atoms. The Morgan fingerprint density at radius 2 is 1.89 bits per heavy atom. The molecular weight excluding hydrogens is 240 g/mol. The molecule has 1 aromatic rings. The zero-order valence-corrected chi connectivity index (χ0v) is 11.7. The van der Waals surface area contributed by atoms with E-state index in [1.165, 1.54) is 0 Å². The molecule has 0 saturated heterocycles. The minimum Gasteiger partial charge on any atom is -0.394 e. The second kappa shape index (κ2) is 7.26. The molecule has 0 saturated carbocycles. The number of carbonyl (C=O) groups excluding carboxylic acids is 1. The highest BCUT2D eigenvalue weighted by Crippen LogP contribution is 2.14. The maximum Gasteiger partial charge on any atom is 0.237 e. The average molecular weight is 264 g/mol. The normalized spacial score (nSPS) is 13.1. The van der Waals surface area contributed by atoms with Crippen molar-refractivity contribution in [2.75, 3.05) is 6.61 Å². The molecule has 0 heterocycles. The Labute approximate surface area is 115 Å². The topological polar surface area (TPSA) is 75.3 Å². The Balaban J connectivity index is 2.62. The van der Waals surface area contributed by atoms with Crippen LogP contribution in [0.1, 0.15) is 32.3 Å². The van der Waals surface area contributed by atoms with Gasteiger partial charge < -0.3 is 16.2 Å². The lowest BCUT2D eigenvalue weighted by Gasteiger charge is -2.32. The highest BCUT2D eigenvalue weighted by atomic mass is 16.3. The van der Waals surface area contributed by atoms with Gasteiger partial charge in [-0.25, -0.2) is 0 Å². The van der Waals surface area contributed by atoms with Crippen LogP contribution in [0.5, 0.6) is 0 Å². The molecule has 0 aromatic heterocycles. The molecule has 0 bridgehead atoms. The summed E-state index contributed by atoms with van der Waals surface area (Å²) in [6.45, 7) is 3.83. The standard InChI is InChI=1S/C15H24N2O2/c1-3-15(4-2,11-18)17-14(19)13(16)10-12-8-6-5-7-9-12/h5-9,13,18H,3-4,10-11,16H2,1-2H3,(H,17,19)/t13-/m1/s1. The molecule has 106 valence electrons. The zero-order valence-electron chi connectivity index (χ0n) is 11.7. The molecule has 0 radical (unpaired) electrons. The van der Waals surface area contributed by atoms with Gasteiger partial charge in [-0.05, 0) is 24.8 Å². The predicted molar refractivity (Wildman–Crippen MR) is 76.7 cm³/mol. The van der Waals surface area contributed by atoms with E-state index in [1.807, 2.05) is 44.2 Å². The number of aliphatic hydroxyl groups is 1. The van der Waals surface area contributed by atoms with Crippen LogP contribution in [0, 0.1) is 0 Å². The molecule has 4 N–H and O–H groups in total. The molecule has 0 spiro atoms. The largest absolute Gasteiger partial charge is 0.394 e. The van der Waals surface area contributed by atoms with Gasteiger partial charge in [0.2, 0.25) is 5.91 Å². The van der Waals surface area contributed by atoms with E-state index in [2.05, 4.69) is 5.32 Å². The van der Waals surface area contributed by atoms with E-state index in [0.29, 0.717) is 19.3 Å². The first-order chi connectivity index (χ1) is 9.06. The minimum absolute atomic E-state index is 0.0657. The van der Waals surface area contributed by atoms with Crippen molar-refractivity contribution in [1.82, 2.24) is 5.32 Å². The Morgan fingerprint density at radius 1 is 1.32 bits per heavy atom. The van der Waals surface area contributed by atoms with Gasteiger partial charge in [0.05, 0.1) is 18.2 Å². The second-order valence-electron chi connectivity index (χ2n) is 4.93. The van der Waals surface area contributed by atoms with E-state index in [4.69, 9.17) is 5.73 Å². The van der Waals surface area contributed by atoms with Crippen LogP contribution in [-0.4, -0.2) is 29.2 Å². The summed E-state index contributed by atoms with van der Waals surface area (Å²) in [5.74, 6) is -0.207. The lowest BCUT2D eigenvalue weighted by molar-refractivity contribution is -0.125. The molecule has 1 rings (SSSR count). The fraction of sp³-hybridized carbons (Fsp3) is 0.533. The summed E-state index contributed by atoms with van der Waals surface area (Å²) < 4.78 is 0. The number of benzene rings is 1. The zero-order chi connectivity index (χ0) is 14.3. The first-order valence-electron chi connectivity index (χ1n) is 6.79. The summed E-state index contributed by atoms with van der Waals surface area (Å²) in [6, 6.07) is 9.09. The summed E-state index contributed by atoms with van der Waals surface area (Å²) in [5.41, 5.74) is 6.41. The lowest BCUT2D eigenvalue weighted by atomic mass is 9.93. The number of rotatable bonds is 7. The molecule has 4 nitrogen and oxygen atoms in total. The Morgan fingerprint density at radius 3 is 2.37 bits per heavy atom. The van der Waals surface area contributed by atoms with E-state index in [0.717, 1.165) is 5.56 Å². The van der Waals surface area contributed by atoms with Gasteiger partial charge in [-0.1, -0.05) is 44.2 Å². The predicted octanol–water partition coefficient (Wildman–Crippen LogP) is 1.22. The fourth-order valence-electron chi connectivity index (χ4n) is 2.00. The molecule has 0 fully saturated rings. The molecule has 4 heteroatoms. The molecule has 1 atom stereocenters. The second-order valence-corrected chi connectivity index (χ2v) is 4.93. The van der Waals surface area contributed by atoms with Crippen molar-refractivity contribution in [3.63, 3.8) is 0 Å². The van der Waals surface area contributed by atoms with Crippen LogP contribution < -0.4 is 11.1 Å². The first kappa shape index (κ1) is 15.7. The van der Waals surface area contributed by atoms with Gasteiger partial charge in [-0.3, -0.25) is 4.79 Å². The first-order valence-corrected chi connectivity index (χ1v) is 6.79. The third-order valence-corrected chi connectivity index (χ3v) is 3.68. The van der Waals surface area contributed by atoms with Gasteiger partial charge in [0, 0.05) is 0 Å². The quantitative estimate of drug-likeness (QED) is 0.693. The third kappa shape index (κ3) is 4.33. The molecule has 1 aromatic carbocycles. The van der Waals surface area contributed by atoms with Crippen molar-refractivity contribution in [3.05, 3.63) is 35.9 Å². The SMILES string of the molecule is CCC(CC)(CO)NC(=O)[C@H](N)Cc1ccccc1. The van der Waals surface area contributed by atoms with Gasteiger partial charge >= 0.3 is 0 Å². The number of carbonyl (C=O) groups is 1. The summed E-state index contributed by atoms with van der Waals surface area (Å²) in [6.07, 6.45) is 1.87. The smallest absolute Gasteiger partial charge is 0.237 e. The Hall–Kier alpha value is -1.39. The van der Waals surface area contributed by atoms with Crippen molar-refractivity contribution in [3.8, 4) is 0 Å². The highest BCUT2D eigenvalue weighted by molar-refractivity contribution is 5.82. The van der Waals surface area contributed by atoms with Crippen LogP contribution in [0.4, 0.5) is 0 Å². The maximum absolute atomic E-state index is 12.1. The van der Waals surface area contributed by atoms with Crippen LogP contribution in [0.2, 0.25) is 0 Å². The van der Waals surface area contributed by atoms with E-state index in [1.54, 1.807) is 0 Å². The van der Waals surface area contributed by atoms with Crippen molar-refractivity contribution in [2.45, 2.75) is 44.7 Å². The van der Waals surface area contributed by atoms with Crippen LogP contribution in [0.3, 0.4) is 0 Å². The van der Waals surface area contributed by atoms with Crippen molar-refractivity contribution in [1.29, 1.82) is 0 Å². The fourth-order valence-corrected chi connectivity index (χ4v) is 2.00. The third-order valence-electron chi connectivity index (χ3n) is 3.68. The Bertz CT molecular complexity index is 380. The lowest BCUT2D eigenvalue weighted by Crippen LogP contribution is -2.55. The summed E-state index contributed by atoms with van der Waals surface area (Å²) >= 11 is 0. The van der Waals surface area contributed by atoms with Gasteiger partial charge in [-0.15, -0.1) is 0 Å². The summed E-state index contributed by atoms with van der Waals surface area (Å²) in [7, 11) is 0. The number of hydrogen-bond acceptors (Lipinski definition) is 3. The van der Waals surface area contributed by atoms with Gasteiger partial charge in [0.1, 0.15) is 0 Å². The van der Waals surface area contributed by atoms with E-state index in [-0.39, 0.29) is 12.5 Å². The molecule has 0 aliphatic heterocycles. The molecular formula is C15H24N2O2. The van der Waals surface area contributed by atoms with Gasteiger partial charge in [0.25, 0.3) is 0 Å². The van der Waals surface area contributed by atoms with Crippen molar-refractivity contribution >= 4 is 5.91 Å². The average Bonchev–Trinajstić information content (AvgIpc) is 2.45. The summed E-state index contributed by atoms with van der Waals surface area (Å²) in [5, 5.41) is 12.3. The number of amides is 1.